The van der Waals surface area contributed by atoms with Gasteiger partial charge in [-0.25, -0.2) is 0 Å². The largest absolute Gasteiger partial charge is 0.481 e. The van der Waals surface area contributed by atoms with E-state index in [9.17, 15) is 9.00 Å². The molecule has 1 N–H and O–H groups in total. The van der Waals surface area contributed by atoms with Crippen LogP contribution in [0.5, 0.6) is 0 Å². The van der Waals surface area contributed by atoms with Gasteiger partial charge in [-0.1, -0.05) is 13.8 Å². The van der Waals surface area contributed by atoms with Gasteiger partial charge in [0.05, 0.1) is 6.42 Å². The van der Waals surface area contributed by atoms with Crippen LogP contribution in [0.1, 0.15) is 20.3 Å². The summed E-state index contributed by atoms with van der Waals surface area (Å²) in [5.74, 6) is 1.61. The Labute approximate surface area is 85.7 Å². The quantitative estimate of drug-likeness (QED) is 0.663. The number of carbonyl (C=O) groups is 1. The summed E-state index contributed by atoms with van der Waals surface area (Å²) < 4.78 is 11.4. The number of carboxylic acid groups (broad SMARTS) is 1. The Morgan fingerprint density at radius 2 is 2.23 bits per heavy atom. The van der Waals surface area contributed by atoms with E-state index in [0.29, 0.717) is 5.75 Å². The third kappa shape index (κ3) is 7.07. The summed E-state index contributed by atoms with van der Waals surface area (Å²) in [6.45, 7) is 3.77. The Hall–Kier alpha value is -0.0300. The minimum Gasteiger partial charge on any atom is -0.481 e. The first-order valence-electron chi connectivity index (χ1n) is 4.24. The second kappa shape index (κ2) is 7.38. The summed E-state index contributed by atoms with van der Waals surface area (Å²) in [5.41, 5.74) is 0. The molecule has 0 saturated carbocycles. The summed E-state index contributed by atoms with van der Waals surface area (Å²) in [6.07, 6.45) is 0.00338. The maximum Gasteiger partial charge on any atom is 0.304 e. The second-order valence-corrected chi connectivity index (χ2v) is 6.06. The molecule has 0 aliphatic carbocycles. The van der Waals surface area contributed by atoms with E-state index in [-0.39, 0.29) is 11.7 Å². The predicted octanol–water partition coefficient (Wildman–Crippen LogP) is 1.35. The van der Waals surface area contributed by atoms with Gasteiger partial charge in [-0.3, -0.25) is 9.00 Å². The van der Waals surface area contributed by atoms with Crippen LogP contribution in [0, 0.1) is 0 Å². The fourth-order valence-corrected chi connectivity index (χ4v) is 2.97. The number of hydrogen-bond donors (Lipinski definition) is 1. The van der Waals surface area contributed by atoms with Crippen molar-refractivity contribution < 1.29 is 14.1 Å². The van der Waals surface area contributed by atoms with Crippen molar-refractivity contribution in [1.29, 1.82) is 0 Å². The average molecular weight is 224 g/mol. The number of thioether (sulfide) groups is 1. The van der Waals surface area contributed by atoms with E-state index < -0.39 is 16.8 Å². The van der Waals surface area contributed by atoms with Crippen molar-refractivity contribution in [2.75, 3.05) is 17.3 Å². The number of aliphatic carboxylic acids is 1. The first-order valence-corrected chi connectivity index (χ1v) is 6.78. The molecule has 78 valence electrons. The van der Waals surface area contributed by atoms with Gasteiger partial charge in [-0.2, -0.15) is 11.8 Å². The third-order valence-electron chi connectivity index (χ3n) is 1.54. The van der Waals surface area contributed by atoms with Gasteiger partial charge >= 0.3 is 5.97 Å². The Bertz CT molecular complexity index is 182. The minimum absolute atomic E-state index is 0.00338. The monoisotopic (exact) mass is 224 g/mol. The summed E-state index contributed by atoms with van der Waals surface area (Å²) in [5, 5.41) is 8.24. The molecule has 0 aliphatic rings. The van der Waals surface area contributed by atoms with E-state index >= 15 is 0 Å². The maximum atomic E-state index is 11.4. The zero-order valence-electron chi connectivity index (χ0n) is 7.99. The Kier molecular flexibility index (Phi) is 7.36. The van der Waals surface area contributed by atoms with Gasteiger partial charge in [-0.05, 0) is 5.75 Å². The lowest BCUT2D eigenvalue weighted by molar-refractivity contribution is -0.136. The van der Waals surface area contributed by atoms with Crippen molar-refractivity contribution >= 4 is 28.5 Å². The molecule has 0 radical (unpaired) electrons. The van der Waals surface area contributed by atoms with Gasteiger partial charge in [0.2, 0.25) is 0 Å². The van der Waals surface area contributed by atoms with Crippen molar-refractivity contribution in [3.05, 3.63) is 0 Å². The zero-order valence-corrected chi connectivity index (χ0v) is 9.62. The zero-order chi connectivity index (χ0) is 10.3. The SMILES string of the molecule is CCSCCS(=O)C(C)CC(=O)O. The van der Waals surface area contributed by atoms with Gasteiger partial charge in [0, 0.05) is 27.6 Å². The molecular weight excluding hydrogens is 208 g/mol. The molecule has 0 saturated heterocycles. The number of carboxylic acids is 1. The molecule has 5 heteroatoms. The molecule has 3 nitrogen and oxygen atoms in total. The molecule has 0 aromatic rings. The van der Waals surface area contributed by atoms with Crippen LogP contribution >= 0.6 is 11.8 Å². The molecule has 0 aliphatic heterocycles. The van der Waals surface area contributed by atoms with Crippen LogP contribution in [-0.4, -0.2) is 37.8 Å². The highest BCUT2D eigenvalue weighted by Crippen LogP contribution is 2.05. The molecule has 0 bridgehead atoms. The van der Waals surface area contributed by atoms with E-state index in [0.717, 1.165) is 11.5 Å². The molecule has 2 unspecified atom stereocenters. The molecule has 0 spiro atoms. The highest BCUT2D eigenvalue weighted by molar-refractivity contribution is 8.00. The van der Waals surface area contributed by atoms with Crippen molar-refractivity contribution in [3.63, 3.8) is 0 Å². The van der Waals surface area contributed by atoms with Gasteiger partial charge in [0.25, 0.3) is 0 Å². The standard InChI is InChI=1S/C8H16O3S2/c1-3-12-4-5-13(11)7(2)6-8(9)10/h7H,3-6H2,1-2H3,(H,9,10). The Morgan fingerprint density at radius 3 is 2.69 bits per heavy atom. The summed E-state index contributed by atoms with van der Waals surface area (Å²) >= 11 is 1.73. The lowest BCUT2D eigenvalue weighted by Crippen LogP contribution is -2.18. The number of hydrogen-bond acceptors (Lipinski definition) is 3. The van der Waals surface area contributed by atoms with Crippen LogP contribution in [0.15, 0.2) is 0 Å². The highest BCUT2D eigenvalue weighted by atomic mass is 32.2. The van der Waals surface area contributed by atoms with E-state index in [1.807, 2.05) is 6.92 Å². The topological polar surface area (TPSA) is 54.4 Å². The summed E-state index contributed by atoms with van der Waals surface area (Å²) in [6, 6.07) is 0. The van der Waals surface area contributed by atoms with E-state index in [1.165, 1.54) is 0 Å². The molecule has 0 rings (SSSR count). The van der Waals surface area contributed by atoms with Crippen LogP contribution < -0.4 is 0 Å². The third-order valence-corrected chi connectivity index (χ3v) is 4.37. The first-order chi connectivity index (χ1) is 6.07. The fraction of sp³-hybridized carbons (Fsp3) is 0.875. The Morgan fingerprint density at radius 1 is 1.62 bits per heavy atom. The summed E-state index contributed by atoms with van der Waals surface area (Å²) in [4.78, 5) is 10.3. The van der Waals surface area contributed by atoms with E-state index in [4.69, 9.17) is 5.11 Å². The summed E-state index contributed by atoms with van der Waals surface area (Å²) in [7, 11) is -0.989. The second-order valence-electron chi connectivity index (χ2n) is 2.69. The predicted molar refractivity (Wildman–Crippen MR) is 57.7 cm³/mol. The molecule has 0 aromatic carbocycles. The highest BCUT2D eigenvalue weighted by Gasteiger charge is 2.13. The van der Waals surface area contributed by atoms with Crippen LogP contribution in [0.3, 0.4) is 0 Å². The van der Waals surface area contributed by atoms with Crippen molar-refractivity contribution in [3.8, 4) is 0 Å². The normalized spacial score (nSPS) is 15.2. The van der Waals surface area contributed by atoms with E-state index in [1.54, 1.807) is 18.7 Å². The van der Waals surface area contributed by atoms with Gasteiger partial charge in [0.15, 0.2) is 0 Å². The van der Waals surface area contributed by atoms with Crippen molar-refractivity contribution in [2.45, 2.75) is 25.5 Å². The van der Waals surface area contributed by atoms with E-state index in [2.05, 4.69) is 0 Å². The number of rotatable bonds is 7. The van der Waals surface area contributed by atoms with Gasteiger partial charge in [-0.15, -0.1) is 0 Å². The molecule has 2 atom stereocenters. The molecule has 0 aromatic heterocycles. The molecule has 13 heavy (non-hydrogen) atoms. The van der Waals surface area contributed by atoms with Crippen molar-refractivity contribution in [2.24, 2.45) is 0 Å². The fourth-order valence-electron chi connectivity index (χ4n) is 0.825. The van der Waals surface area contributed by atoms with Crippen LogP contribution in [0.4, 0.5) is 0 Å². The Balaban J connectivity index is 3.63. The van der Waals surface area contributed by atoms with Gasteiger partial charge < -0.3 is 5.11 Å². The molecule has 0 fully saturated rings. The van der Waals surface area contributed by atoms with Crippen LogP contribution in [-0.2, 0) is 15.6 Å². The maximum absolute atomic E-state index is 11.4. The van der Waals surface area contributed by atoms with Crippen LogP contribution in [0.2, 0.25) is 0 Å². The first kappa shape index (κ1) is 13.0. The van der Waals surface area contributed by atoms with Crippen molar-refractivity contribution in [1.82, 2.24) is 0 Å². The minimum atomic E-state index is -0.989. The average Bonchev–Trinajstić information content (AvgIpc) is 2.03. The van der Waals surface area contributed by atoms with Crippen LogP contribution in [0.25, 0.3) is 0 Å². The van der Waals surface area contributed by atoms with Gasteiger partial charge in [0.1, 0.15) is 0 Å². The molecular formula is C8H16O3S2. The lowest BCUT2D eigenvalue weighted by atomic mass is 10.3. The lowest BCUT2D eigenvalue weighted by Gasteiger charge is -2.07. The smallest absolute Gasteiger partial charge is 0.304 e. The molecule has 0 amide bonds. The molecule has 0 heterocycles.